The highest BCUT2D eigenvalue weighted by molar-refractivity contribution is 8.00. The molecule has 0 spiro atoms. The van der Waals surface area contributed by atoms with E-state index in [0.717, 1.165) is 0 Å². The van der Waals surface area contributed by atoms with Gasteiger partial charge < -0.3 is 10.2 Å². The zero-order chi connectivity index (χ0) is 16.3. The molecular weight excluding hydrogens is 326 g/mol. The summed E-state index contributed by atoms with van der Waals surface area (Å²) in [4.78, 5) is 24.9. The van der Waals surface area contributed by atoms with Crippen molar-refractivity contribution in [3.05, 3.63) is 29.8 Å². The number of thioether (sulfide) groups is 1. The summed E-state index contributed by atoms with van der Waals surface area (Å²) in [7, 11) is -3.78. The van der Waals surface area contributed by atoms with Crippen molar-refractivity contribution < 1.29 is 18.0 Å². The van der Waals surface area contributed by atoms with Gasteiger partial charge in [0.15, 0.2) is 0 Å². The largest absolute Gasteiger partial charge is 0.348 e. The maximum Gasteiger partial charge on any atom is 0.240 e. The molecule has 1 aliphatic rings. The van der Waals surface area contributed by atoms with E-state index in [9.17, 15) is 18.0 Å². The number of amides is 2. The molecule has 0 aromatic heterocycles. The van der Waals surface area contributed by atoms with Gasteiger partial charge in [-0.2, -0.15) is 0 Å². The first-order valence-electron chi connectivity index (χ1n) is 6.55. The molecule has 2 rings (SSSR count). The van der Waals surface area contributed by atoms with E-state index in [2.05, 4.69) is 5.32 Å². The molecule has 1 saturated heterocycles. The van der Waals surface area contributed by atoms with E-state index in [4.69, 9.17) is 5.14 Å². The van der Waals surface area contributed by atoms with Crippen molar-refractivity contribution in [2.45, 2.75) is 17.9 Å². The third kappa shape index (κ3) is 4.21. The van der Waals surface area contributed by atoms with Gasteiger partial charge in [-0.15, -0.1) is 11.8 Å². The Morgan fingerprint density at radius 1 is 1.50 bits per heavy atom. The van der Waals surface area contributed by atoms with Crippen molar-refractivity contribution in [3.63, 3.8) is 0 Å². The first-order valence-corrected chi connectivity index (χ1v) is 9.25. The van der Waals surface area contributed by atoms with Gasteiger partial charge in [0.05, 0.1) is 22.6 Å². The minimum atomic E-state index is -3.78. The minimum Gasteiger partial charge on any atom is -0.348 e. The number of primary sulfonamides is 1. The Morgan fingerprint density at radius 2 is 2.23 bits per heavy atom. The predicted molar refractivity (Wildman–Crippen MR) is 83.4 cm³/mol. The van der Waals surface area contributed by atoms with Crippen LogP contribution in [0.15, 0.2) is 29.2 Å². The Kier molecular flexibility index (Phi) is 5.09. The summed E-state index contributed by atoms with van der Waals surface area (Å²) in [6.45, 7) is 1.74. The Morgan fingerprint density at radius 3 is 2.82 bits per heavy atom. The van der Waals surface area contributed by atoms with Crippen molar-refractivity contribution >= 4 is 33.6 Å². The van der Waals surface area contributed by atoms with Gasteiger partial charge in [-0.05, 0) is 24.6 Å². The lowest BCUT2D eigenvalue weighted by Gasteiger charge is -2.18. The number of carbonyl (C=O) groups excluding carboxylic acids is 2. The van der Waals surface area contributed by atoms with Crippen molar-refractivity contribution in [2.75, 3.05) is 18.2 Å². The van der Waals surface area contributed by atoms with Gasteiger partial charge in [0, 0.05) is 0 Å². The molecular formula is C13H17N3O4S2. The number of rotatable bonds is 5. The zero-order valence-electron chi connectivity index (χ0n) is 12.0. The van der Waals surface area contributed by atoms with Crippen molar-refractivity contribution in [1.29, 1.82) is 0 Å². The maximum absolute atomic E-state index is 12.0. The van der Waals surface area contributed by atoms with Crippen LogP contribution in [0.5, 0.6) is 0 Å². The van der Waals surface area contributed by atoms with Crippen molar-refractivity contribution in [3.8, 4) is 0 Å². The normalized spacial score (nSPS) is 16.6. The summed E-state index contributed by atoms with van der Waals surface area (Å²) in [6, 6.07) is 5.71. The third-order valence-electron chi connectivity index (χ3n) is 3.22. The summed E-state index contributed by atoms with van der Waals surface area (Å²) in [5, 5.41) is 7.83. The van der Waals surface area contributed by atoms with Crippen molar-refractivity contribution in [1.82, 2.24) is 10.2 Å². The second kappa shape index (κ2) is 6.67. The molecule has 1 aromatic carbocycles. The molecule has 7 nitrogen and oxygen atoms in total. The van der Waals surface area contributed by atoms with E-state index in [-0.39, 0.29) is 29.3 Å². The molecule has 9 heteroatoms. The molecule has 1 aliphatic heterocycles. The molecule has 22 heavy (non-hydrogen) atoms. The number of hydrogen-bond acceptors (Lipinski definition) is 5. The average Bonchev–Trinajstić information content (AvgIpc) is 2.83. The second-order valence-corrected chi connectivity index (χ2v) is 7.49. The molecule has 0 bridgehead atoms. The number of sulfonamides is 1. The number of benzene rings is 1. The molecule has 1 fully saturated rings. The standard InChI is InChI=1S/C13H17N3O4S2/c1-9(10-3-2-4-11(5-10)22(14,19)20)15-12(17)6-16-8-21-7-13(16)18/h2-5,9H,6-8H2,1H3,(H,15,17)(H2,14,19,20). The number of nitrogens with one attached hydrogen (secondary N) is 1. The third-order valence-corrected chi connectivity index (χ3v) is 5.08. The Hall–Kier alpha value is -1.58. The van der Waals surface area contributed by atoms with Gasteiger partial charge in [-0.1, -0.05) is 12.1 Å². The van der Waals surface area contributed by atoms with Crippen LogP contribution in [0, 0.1) is 0 Å². The highest BCUT2D eigenvalue weighted by Crippen LogP contribution is 2.17. The van der Waals surface area contributed by atoms with Gasteiger partial charge in [-0.3, -0.25) is 9.59 Å². The van der Waals surface area contributed by atoms with Crippen LogP contribution in [0.25, 0.3) is 0 Å². The number of nitrogens with zero attached hydrogens (tertiary/aromatic N) is 1. The summed E-state index contributed by atoms with van der Waals surface area (Å²) >= 11 is 1.47. The molecule has 0 saturated carbocycles. The number of carbonyl (C=O) groups is 2. The maximum atomic E-state index is 12.0. The summed E-state index contributed by atoms with van der Waals surface area (Å²) in [6.07, 6.45) is 0. The SMILES string of the molecule is CC(NC(=O)CN1CSCC1=O)c1cccc(S(N)(=O)=O)c1. The molecule has 0 radical (unpaired) electrons. The number of hydrogen-bond donors (Lipinski definition) is 2. The molecule has 1 unspecified atom stereocenters. The summed E-state index contributed by atoms with van der Waals surface area (Å²) in [5.41, 5.74) is 0.627. The van der Waals surface area contributed by atoms with Crippen LogP contribution in [0.1, 0.15) is 18.5 Å². The lowest BCUT2D eigenvalue weighted by atomic mass is 10.1. The molecule has 120 valence electrons. The van der Waals surface area contributed by atoms with Crippen LogP contribution in [0.3, 0.4) is 0 Å². The van der Waals surface area contributed by atoms with E-state index in [1.54, 1.807) is 19.1 Å². The lowest BCUT2D eigenvalue weighted by Crippen LogP contribution is -2.39. The first kappa shape index (κ1) is 16.8. The highest BCUT2D eigenvalue weighted by atomic mass is 32.2. The summed E-state index contributed by atoms with van der Waals surface area (Å²) < 4.78 is 22.7. The lowest BCUT2D eigenvalue weighted by molar-refractivity contribution is -0.132. The zero-order valence-corrected chi connectivity index (χ0v) is 13.6. The fraction of sp³-hybridized carbons (Fsp3) is 0.385. The van der Waals surface area contributed by atoms with Gasteiger partial charge in [0.25, 0.3) is 0 Å². The highest BCUT2D eigenvalue weighted by Gasteiger charge is 2.23. The van der Waals surface area contributed by atoms with Crippen LogP contribution in [0.4, 0.5) is 0 Å². The van der Waals surface area contributed by atoms with Crippen LogP contribution < -0.4 is 10.5 Å². The molecule has 2 amide bonds. The average molecular weight is 343 g/mol. The molecule has 0 aliphatic carbocycles. The smallest absolute Gasteiger partial charge is 0.240 e. The minimum absolute atomic E-state index is 0.00257. The van der Waals surface area contributed by atoms with E-state index in [1.165, 1.54) is 28.8 Å². The van der Waals surface area contributed by atoms with E-state index < -0.39 is 10.0 Å². The second-order valence-electron chi connectivity index (χ2n) is 4.98. The fourth-order valence-electron chi connectivity index (χ4n) is 2.04. The monoisotopic (exact) mass is 343 g/mol. The van der Waals surface area contributed by atoms with Gasteiger partial charge >= 0.3 is 0 Å². The van der Waals surface area contributed by atoms with Gasteiger partial charge in [0.1, 0.15) is 6.54 Å². The Balaban J connectivity index is 2.01. The van der Waals surface area contributed by atoms with Crippen LogP contribution in [-0.2, 0) is 19.6 Å². The molecule has 1 heterocycles. The van der Waals surface area contributed by atoms with Crippen LogP contribution >= 0.6 is 11.8 Å². The van der Waals surface area contributed by atoms with Crippen LogP contribution in [-0.4, -0.2) is 43.3 Å². The van der Waals surface area contributed by atoms with Gasteiger partial charge in [-0.25, -0.2) is 13.6 Å². The molecule has 1 aromatic rings. The fourth-order valence-corrected chi connectivity index (χ4v) is 3.52. The molecule has 1 atom stereocenters. The Bertz CT molecular complexity index is 690. The van der Waals surface area contributed by atoms with Gasteiger partial charge in [0.2, 0.25) is 21.8 Å². The van der Waals surface area contributed by atoms with Crippen molar-refractivity contribution in [2.24, 2.45) is 5.14 Å². The van der Waals surface area contributed by atoms with E-state index >= 15 is 0 Å². The topological polar surface area (TPSA) is 110 Å². The van der Waals surface area contributed by atoms with E-state index in [1.807, 2.05) is 0 Å². The van der Waals surface area contributed by atoms with Crippen LogP contribution in [0.2, 0.25) is 0 Å². The number of nitrogens with two attached hydrogens (primary N) is 1. The molecule has 3 N–H and O–H groups in total. The van der Waals surface area contributed by atoms with E-state index in [0.29, 0.717) is 17.2 Å². The quantitative estimate of drug-likeness (QED) is 0.785. The predicted octanol–water partition coefficient (Wildman–Crippen LogP) is 0.0441. The summed E-state index contributed by atoms with van der Waals surface area (Å²) in [5.74, 6) is 0.578. The Labute approximate surface area is 133 Å². The first-order chi connectivity index (χ1) is 10.3.